The fourth-order valence-corrected chi connectivity index (χ4v) is 4.15. The number of carbonyl (C=O) groups excluding carboxylic acids is 2. The van der Waals surface area contributed by atoms with Crippen molar-refractivity contribution in [2.24, 2.45) is 0 Å². The molecule has 0 aliphatic carbocycles. The minimum atomic E-state index is -1.02. The molecule has 2 aromatic carbocycles. The molecule has 0 spiro atoms. The second kappa shape index (κ2) is 8.65. The normalized spacial score (nSPS) is 15.1. The van der Waals surface area contributed by atoms with Crippen molar-refractivity contribution in [3.63, 3.8) is 0 Å². The molecule has 0 atom stereocenters. The molecular formula is C24H19NO5S. The number of nitrogens with zero attached hydrogens (tertiary/aromatic N) is 1. The standard InChI is InChI=1S/C24H19NO5S/c1-15-7-8-17(23(27)28)13-19(15)20-10-9-18(30-20)14-21-22(26)25(24(29)31-21)12-11-16-5-3-2-4-6-16/h2-10,13-14H,11-12H2,1H3,(H,27,28)/b21-14-. The number of furan rings is 1. The van der Waals surface area contributed by atoms with Crippen LogP contribution in [0.2, 0.25) is 0 Å². The number of carboxylic acids is 1. The van der Waals surface area contributed by atoms with Gasteiger partial charge < -0.3 is 9.52 Å². The van der Waals surface area contributed by atoms with Gasteiger partial charge in [-0.1, -0.05) is 36.4 Å². The summed E-state index contributed by atoms with van der Waals surface area (Å²) < 4.78 is 5.83. The Morgan fingerprint density at radius 2 is 1.87 bits per heavy atom. The molecule has 6 nitrogen and oxygen atoms in total. The summed E-state index contributed by atoms with van der Waals surface area (Å²) in [7, 11) is 0. The molecule has 3 aromatic rings. The molecule has 31 heavy (non-hydrogen) atoms. The summed E-state index contributed by atoms with van der Waals surface area (Å²) in [5.74, 6) is -0.441. The lowest BCUT2D eigenvalue weighted by atomic mass is 10.0. The summed E-state index contributed by atoms with van der Waals surface area (Å²) in [4.78, 5) is 37.8. The number of hydrogen-bond donors (Lipinski definition) is 1. The molecule has 1 aliphatic heterocycles. The summed E-state index contributed by atoms with van der Waals surface area (Å²) in [5.41, 5.74) is 2.75. The van der Waals surface area contributed by atoms with Crippen molar-refractivity contribution in [1.82, 2.24) is 4.90 Å². The number of rotatable bonds is 6. The maximum Gasteiger partial charge on any atom is 0.335 e. The van der Waals surface area contributed by atoms with E-state index in [9.17, 15) is 19.5 Å². The molecule has 0 saturated carbocycles. The average molecular weight is 433 g/mol. The highest BCUT2D eigenvalue weighted by Gasteiger charge is 2.34. The van der Waals surface area contributed by atoms with E-state index in [1.807, 2.05) is 37.3 Å². The Bertz CT molecular complexity index is 1200. The van der Waals surface area contributed by atoms with Crippen molar-refractivity contribution in [2.75, 3.05) is 6.54 Å². The molecule has 0 radical (unpaired) electrons. The van der Waals surface area contributed by atoms with Crippen molar-refractivity contribution in [2.45, 2.75) is 13.3 Å². The van der Waals surface area contributed by atoms with Crippen molar-refractivity contribution < 1.29 is 23.9 Å². The molecule has 1 aliphatic rings. The molecule has 1 N–H and O–H groups in total. The lowest BCUT2D eigenvalue weighted by molar-refractivity contribution is -0.122. The largest absolute Gasteiger partial charge is 0.478 e. The van der Waals surface area contributed by atoms with Gasteiger partial charge in [0.15, 0.2) is 0 Å². The maximum atomic E-state index is 12.7. The zero-order valence-corrected chi connectivity index (χ0v) is 17.5. The Hall–Kier alpha value is -3.58. The summed E-state index contributed by atoms with van der Waals surface area (Å²) >= 11 is 0.887. The molecular weight excluding hydrogens is 414 g/mol. The van der Waals surface area contributed by atoms with Gasteiger partial charge in [-0.15, -0.1) is 0 Å². The Morgan fingerprint density at radius 3 is 2.61 bits per heavy atom. The van der Waals surface area contributed by atoms with Crippen molar-refractivity contribution in [3.05, 3.63) is 88.0 Å². The third kappa shape index (κ3) is 4.46. The predicted molar refractivity (Wildman–Crippen MR) is 119 cm³/mol. The molecule has 156 valence electrons. The Labute approximate surface area is 183 Å². The van der Waals surface area contributed by atoms with Gasteiger partial charge in [-0.3, -0.25) is 14.5 Å². The molecule has 1 aromatic heterocycles. The fraction of sp³-hybridized carbons (Fsp3) is 0.125. The van der Waals surface area contributed by atoms with Crippen LogP contribution in [0.5, 0.6) is 0 Å². The molecule has 2 heterocycles. The van der Waals surface area contributed by atoms with Gasteiger partial charge in [-0.2, -0.15) is 0 Å². The summed E-state index contributed by atoms with van der Waals surface area (Å²) in [6, 6.07) is 17.9. The van der Waals surface area contributed by atoms with Crippen LogP contribution in [0.3, 0.4) is 0 Å². The predicted octanol–water partition coefficient (Wildman–Crippen LogP) is 5.23. The van der Waals surface area contributed by atoms with Gasteiger partial charge in [-0.05, 0) is 60.5 Å². The van der Waals surface area contributed by atoms with Crippen LogP contribution in [0.1, 0.15) is 27.2 Å². The van der Waals surface area contributed by atoms with Crippen LogP contribution >= 0.6 is 11.8 Å². The van der Waals surface area contributed by atoms with E-state index in [0.717, 1.165) is 22.9 Å². The van der Waals surface area contributed by atoms with Gasteiger partial charge in [0, 0.05) is 18.2 Å². The lowest BCUT2D eigenvalue weighted by Crippen LogP contribution is -2.30. The number of imide groups is 1. The highest BCUT2D eigenvalue weighted by molar-refractivity contribution is 8.18. The van der Waals surface area contributed by atoms with Crippen LogP contribution in [-0.4, -0.2) is 33.7 Å². The zero-order chi connectivity index (χ0) is 22.0. The minimum Gasteiger partial charge on any atom is -0.478 e. The first-order valence-electron chi connectivity index (χ1n) is 9.66. The van der Waals surface area contributed by atoms with E-state index >= 15 is 0 Å². The summed E-state index contributed by atoms with van der Waals surface area (Å²) in [6.07, 6.45) is 2.14. The third-order valence-corrected chi connectivity index (χ3v) is 5.90. The number of aromatic carboxylic acids is 1. The molecule has 7 heteroatoms. The number of aryl methyl sites for hydroxylation is 1. The number of hydrogen-bond acceptors (Lipinski definition) is 5. The van der Waals surface area contributed by atoms with Crippen molar-refractivity contribution in [3.8, 4) is 11.3 Å². The lowest BCUT2D eigenvalue weighted by Gasteiger charge is -2.11. The maximum absolute atomic E-state index is 12.7. The van der Waals surface area contributed by atoms with Crippen LogP contribution in [-0.2, 0) is 11.2 Å². The number of thioether (sulfide) groups is 1. The van der Waals surface area contributed by atoms with Crippen LogP contribution in [0.25, 0.3) is 17.4 Å². The summed E-state index contributed by atoms with van der Waals surface area (Å²) in [6.45, 7) is 2.18. The Kier molecular flexibility index (Phi) is 5.77. The number of carbonyl (C=O) groups is 3. The summed E-state index contributed by atoms with van der Waals surface area (Å²) in [5, 5.41) is 8.92. The van der Waals surface area contributed by atoms with E-state index in [0.29, 0.717) is 35.0 Å². The van der Waals surface area contributed by atoms with Crippen molar-refractivity contribution >= 4 is 35.0 Å². The molecule has 4 rings (SSSR count). The quantitative estimate of drug-likeness (QED) is 0.536. The zero-order valence-electron chi connectivity index (χ0n) is 16.7. The molecule has 1 fully saturated rings. The monoisotopic (exact) mass is 433 g/mol. The number of benzene rings is 2. The van der Waals surface area contributed by atoms with E-state index in [-0.39, 0.29) is 16.7 Å². The van der Waals surface area contributed by atoms with Gasteiger partial charge in [0.05, 0.1) is 10.5 Å². The van der Waals surface area contributed by atoms with Crippen LogP contribution in [0, 0.1) is 6.92 Å². The molecule has 0 bridgehead atoms. The highest BCUT2D eigenvalue weighted by Crippen LogP contribution is 2.34. The topological polar surface area (TPSA) is 87.8 Å². The first-order chi connectivity index (χ1) is 14.9. The number of carboxylic acid groups (broad SMARTS) is 1. The Morgan fingerprint density at radius 1 is 1.10 bits per heavy atom. The SMILES string of the molecule is Cc1ccc(C(=O)O)cc1-c1ccc(/C=C2\SC(=O)N(CCc3ccccc3)C2=O)o1. The number of amides is 2. The first-order valence-corrected chi connectivity index (χ1v) is 10.5. The average Bonchev–Trinajstić information content (AvgIpc) is 3.32. The highest BCUT2D eigenvalue weighted by atomic mass is 32.2. The van der Waals surface area contributed by atoms with E-state index in [2.05, 4.69) is 0 Å². The molecule has 1 saturated heterocycles. The van der Waals surface area contributed by atoms with Gasteiger partial charge in [-0.25, -0.2) is 4.79 Å². The van der Waals surface area contributed by atoms with E-state index in [1.54, 1.807) is 30.3 Å². The minimum absolute atomic E-state index is 0.165. The fourth-order valence-electron chi connectivity index (χ4n) is 3.30. The second-order valence-electron chi connectivity index (χ2n) is 7.11. The second-order valence-corrected chi connectivity index (χ2v) is 8.10. The molecule has 2 amide bonds. The Balaban J connectivity index is 1.52. The van der Waals surface area contributed by atoms with Crippen LogP contribution in [0.15, 0.2) is 70.0 Å². The third-order valence-electron chi connectivity index (χ3n) is 4.99. The van der Waals surface area contributed by atoms with E-state index < -0.39 is 5.97 Å². The van der Waals surface area contributed by atoms with E-state index in [1.165, 1.54) is 11.0 Å². The van der Waals surface area contributed by atoms with Crippen LogP contribution < -0.4 is 0 Å². The first kappa shape index (κ1) is 20.7. The van der Waals surface area contributed by atoms with Gasteiger partial charge in [0.25, 0.3) is 11.1 Å². The van der Waals surface area contributed by atoms with Gasteiger partial charge in [0.2, 0.25) is 0 Å². The van der Waals surface area contributed by atoms with Gasteiger partial charge >= 0.3 is 5.97 Å². The van der Waals surface area contributed by atoms with E-state index in [4.69, 9.17) is 4.42 Å². The smallest absolute Gasteiger partial charge is 0.335 e. The van der Waals surface area contributed by atoms with Gasteiger partial charge in [0.1, 0.15) is 11.5 Å². The molecule has 0 unspecified atom stereocenters. The van der Waals surface area contributed by atoms with Crippen LogP contribution in [0.4, 0.5) is 4.79 Å². The van der Waals surface area contributed by atoms with Crippen molar-refractivity contribution in [1.29, 1.82) is 0 Å².